The van der Waals surface area contributed by atoms with Crippen molar-refractivity contribution in [3.63, 3.8) is 0 Å². The minimum Gasteiger partial charge on any atom is -0.490 e. The Morgan fingerprint density at radius 2 is 1.92 bits per heavy atom. The topological polar surface area (TPSA) is 65.4 Å². The summed E-state index contributed by atoms with van der Waals surface area (Å²) in [5.74, 6) is 1.32. The molecule has 1 N–H and O–H groups in total. The fourth-order valence-corrected chi connectivity index (χ4v) is 2.38. The maximum atomic E-state index is 12.4. The first-order valence-electron chi connectivity index (χ1n) is 8.25. The molecule has 0 saturated carbocycles. The molecule has 130 valence electrons. The van der Waals surface area contributed by atoms with Gasteiger partial charge in [0.25, 0.3) is 0 Å². The number of carbonyl (C=O) groups is 1. The van der Waals surface area contributed by atoms with Gasteiger partial charge in [0.05, 0.1) is 19.3 Å². The van der Waals surface area contributed by atoms with Crippen molar-refractivity contribution in [1.29, 1.82) is 0 Å². The van der Waals surface area contributed by atoms with Crippen molar-refractivity contribution in [2.75, 3.05) is 13.2 Å². The van der Waals surface area contributed by atoms with Gasteiger partial charge in [-0.05, 0) is 51.5 Å². The van der Waals surface area contributed by atoms with Crippen molar-refractivity contribution in [3.05, 3.63) is 42.2 Å². The summed E-state index contributed by atoms with van der Waals surface area (Å²) in [4.78, 5) is 12.4. The average Bonchev–Trinajstić information content (AvgIpc) is 3.10. The van der Waals surface area contributed by atoms with Gasteiger partial charge in [0.2, 0.25) is 5.91 Å². The molecule has 2 aromatic rings. The lowest BCUT2D eigenvalue weighted by molar-refractivity contribution is -0.124. The third-order valence-electron chi connectivity index (χ3n) is 3.73. The van der Waals surface area contributed by atoms with E-state index < -0.39 is 0 Å². The van der Waals surface area contributed by atoms with Crippen molar-refractivity contribution in [2.24, 2.45) is 0 Å². The van der Waals surface area contributed by atoms with E-state index in [-0.39, 0.29) is 18.0 Å². The largest absolute Gasteiger partial charge is 0.490 e. The molecule has 6 nitrogen and oxygen atoms in total. The van der Waals surface area contributed by atoms with E-state index in [0.29, 0.717) is 24.7 Å². The summed E-state index contributed by atoms with van der Waals surface area (Å²) in [5, 5.41) is 7.12. The Bertz CT molecular complexity index is 656. The van der Waals surface area contributed by atoms with Crippen LogP contribution in [0.25, 0.3) is 0 Å². The summed E-state index contributed by atoms with van der Waals surface area (Å²) < 4.78 is 12.8. The summed E-state index contributed by atoms with van der Waals surface area (Å²) in [6.07, 6.45) is 3.44. The number of amides is 1. The highest BCUT2D eigenvalue weighted by Crippen LogP contribution is 2.30. The molecule has 0 saturated heterocycles. The molecule has 2 unspecified atom stereocenters. The van der Waals surface area contributed by atoms with Crippen LogP contribution in [-0.2, 0) is 4.79 Å². The number of rotatable bonds is 8. The van der Waals surface area contributed by atoms with Crippen LogP contribution >= 0.6 is 0 Å². The zero-order chi connectivity index (χ0) is 17.5. The fourth-order valence-electron chi connectivity index (χ4n) is 2.38. The first-order valence-corrected chi connectivity index (χ1v) is 8.25. The van der Waals surface area contributed by atoms with E-state index >= 15 is 0 Å². The van der Waals surface area contributed by atoms with Crippen LogP contribution in [-0.4, -0.2) is 28.9 Å². The van der Waals surface area contributed by atoms with E-state index in [4.69, 9.17) is 9.47 Å². The molecule has 2 atom stereocenters. The van der Waals surface area contributed by atoms with E-state index in [1.54, 1.807) is 23.1 Å². The van der Waals surface area contributed by atoms with Crippen LogP contribution in [0, 0.1) is 0 Å². The minimum absolute atomic E-state index is 0.0851. The van der Waals surface area contributed by atoms with Crippen molar-refractivity contribution in [2.45, 2.75) is 39.8 Å². The van der Waals surface area contributed by atoms with Gasteiger partial charge in [-0.15, -0.1) is 0 Å². The van der Waals surface area contributed by atoms with E-state index in [9.17, 15) is 4.79 Å². The summed E-state index contributed by atoms with van der Waals surface area (Å²) in [6.45, 7) is 8.76. The highest BCUT2D eigenvalue weighted by Gasteiger charge is 2.18. The second kappa shape index (κ2) is 8.38. The summed E-state index contributed by atoms with van der Waals surface area (Å²) in [7, 11) is 0. The van der Waals surface area contributed by atoms with Crippen LogP contribution < -0.4 is 14.8 Å². The Balaban J connectivity index is 2.09. The van der Waals surface area contributed by atoms with Gasteiger partial charge < -0.3 is 14.8 Å². The predicted molar refractivity (Wildman–Crippen MR) is 92.3 cm³/mol. The van der Waals surface area contributed by atoms with Crippen molar-refractivity contribution in [1.82, 2.24) is 15.1 Å². The number of carbonyl (C=O) groups excluding carboxylic acids is 1. The lowest BCUT2D eigenvalue weighted by Crippen LogP contribution is -2.33. The van der Waals surface area contributed by atoms with Gasteiger partial charge >= 0.3 is 0 Å². The number of ether oxygens (including phenoxy) is 2. The Morgan fingerprint density at radius 3 is 2.54 bits per heavy atom. The molecule has 1 aromatic carbocycles. The third-order valence-corrected chi connectivity index (χ3v) is 3.73. The highest BCUT2D eigenvalue weighted by atomic mass is 16.5. The standard InChI is InChI=1S/C18H25N3O3/c1-5-23-16-9-8-15(12-17(16)24-6-2)13(3)20-18(22)14(4)21-11-7-10-19-21/h7-14H,5-6H2,1-4H3,(H,20,22). The number of aromatic nitrogens is 2. The molecule has 24 heavy (non-hydrogen) atoms. The van der Waals surface area contributed by atoms with Crippen molar-refractivity contribution in [3.8, 4) is 11.5 Å². The van der Waals surface area contributed by atoms with Crippen LogP contribution in [0.5, 0.6) is 11.5 Å². The first-order chi connectivity index (χ1) is 11.6. The molecule has 1 amide bonds. The molecule has 2 rings (SSSR count). The molecule has 6 heteroatoms. The fraction of sp³-hybridized carbons (Fsp3) is 0.444. The van der Waals surface area contributed by atoms with Crippen molar-refractivity contribution >= 4 is 5.91 Å². The van der Waals surface area contributed by atoms with Crippen LogP contribution in [0.1, 0.15) is 45.3 Å². The second-order valence-electron chi connectivity index (χ2n) is 5.46. The number of nitrogens with one attached hydrogen (secondary N) is 1. The number of benzene rings is 1. The summed E-state index contributed by atoms with van der Waals surface area (Å²) in [5.41, 5.74) is 0.961. The van der Waals surface area contributed by atoms with Crippen molar-refractivity contribution < 1.29 is 14.3 Å². The third kappa shape index (κ3) is 4.28. The lowest BCUT2D eigenvalue weighted by Gasteiger charge is -2.20. The predicted octanol–water partition coefficient (Wildman–Crippen LogP) is 3.12. The van der Waals surface area contributed by atoms with E-state index in [1.165, 1.54) is 0 Å². The van der Waals surface area contributed by atoms with Gasteiger partial charge in [-0.25, -0.2) is 0 Å². The first kappa shape index (κ1) is 17.8. The summed E-state index contributed by atoms with van der Waals surface area (Å²) in [6, 6.07) is 7.02. The average molecular weight is 331 g/mol. The Labute approximate surface area is 142 Å². The maximum Gasteiger partial charge on any atom is 0.245 e. The molecule has 0 radical (unpaired) electrons. The lowest BCUT2D eigenvalue weighted by atomic mass is 10.1. The van der Waals surface area contributed by atoms with Gasteiger partial charge in [0.15, 0.2) is 11.5 Å². The molecule has 0 fully saturated rings. The minimum atomic E-state index is -0.364. The molecule has 1 aromatic heterocycles. The van der Waals surface area contributed by atoms with Gasteiger partial charge in [-0.1, -0.05) is 6.07 Å². The molecule has 0 spiro atoms. The van der Waals surface area contributed by atoms with Gasteiger partial charge in [-0.2, -0.15) is 5.10 Å². The van der Waals surface area contributed by atoms with Crippen LogP contribution in [0.3, 0.4) is 0 Å². The van der Waals surface area contributed by atoms with Gasteiger partial charge in [-0.3, -0.25) is 9.48 Å². The van der Waals surface area contributed by atoms with Crippen LogP contribution in [0.15, 0.2) is 36.7 Å². The highest BCUT2D eigenvalue weighted by molar-refractivity contribution is 5.80. The van der Waals surface area contributed by atoms with Gasteiger partial charge in [0, 0.05) is 12.4 Å². The zero-order valence-electron chi connectivity index (χ0n) is 14.7. The van der Waals surface area contributed by atoms with E-state index in [0.717, 1.165) is 5.56 Å². The molecule has 0 aliphatic rings. The quantitative estimate of drug-likeness (QED) is 0.807. The Hall–Kier alpha value is -2.50. The number of nitrogens with zero attached hydrogens (tertiary/aromatic N) is 2. The molecule has 0 aliphatic carbocycles. The SMILES string of the molecule is CCOc1ccc(C(C)NC(=O)C(C)n2cccn2)cc1OCC. The maximum absolute atomic E-state index is 12.4. The molecule has 1 heterocycles. The molecular formula is C18H25N3O3. The molecule has 0 aliphatic heterocycles. The normalized spacial score (nSPS) is 13.2. The van der Waals surface area contributed by atoms with E-state index in [2.05, 4.69) is 10.4 Å². The van der Waals surface area contributed by atoms with Crippen LogP contribution in [0.2, 0.25) is 0 Å². The molecular weight excluding hydrogens is 306 g/mol. The van der Waals surface area contributed by atoms with E-state index in [1.807, 2.05) is 45.9 Å². The Morgan fingerprint density at radius 1 is 1.21 bits per heavy atom. The summed E-state index contributed by atoms with van der Waals surface area (Å²) >= 11 is 0. The van der Waals surface area contributed by atoms with Crippen LogP contribution in [0.4, 0.5) is 0 Å². The smallest absolute Gasteiger partial charge is 0.245 e. The van der Waals surface area contributed by atoms with Gasteiger partial charge in [0.1, 0.15) is 6.04 Å². The monoisotopic (exact) mass is 331 g/mol. The number of hydrogen-bond acceptors (Lipinski definition) is 4. The molecule has 0 bridgehead atoms. The Kier molecular flexibility index (Phi) is 6.23. The second-order valence-corrected chi connectivity index (χ2v) is 5.46. The zero-order valence-corrected chi connectivity index (χ0v) is 14.7. The number of hydrogen-bond donors (Lipinski definition) is 1.